The average Bonchev–Trinajstić information content (AvgIpc) is 2.35. The number of aliphatic carboxylic acids is 1. The molecule has 102 valence electrons. The largest absolute Gasteiger partial charge is 0.480 e. The van der Waals surface area contributed by atoms with Gasteiger partial charge in [0.05, 0.1) is 13.7 Å². The molecule has 2 N–H and O–H groups in total. The first kappa shape index (κ1) is 14.2. The van der Waals surface area contributed by atoms with Gasteiger partial charge in [-0.25, -0.2) is 4.79 Å². The molecule has 8 heteroatoms. The molecule has 18 heavy (non-hydrogen) atoms. The molecule has 0 radical (unpaired) electrons. The minimum Gasteiger partial charge on any atom is -0.480 e. The van der Waals surface area contributed by atoms with Crippen molar-refractivity contribution in [1.82, 2.24) is 15.1 Å². The molecule has 0 aromatic heterocycles. The summed E-state index contributed by atoms with van der Waals surface area (Å²) in [5.74, 6) is -1.38. The van der Waals surface area contributed by atoms with Crippen LogP contribution in [0.1, 0.15) is 0 Å². The maximum Gasteiger partial charge on any atom is 0.325 e. The molecule has 8 nitrogen and oxygen atoms in total. The van der Waals surface area contributed by atoms with Crippen LogP contribution >= 0.6 is 0 Å². The lowest BCUT2D eigenvalue weighted by Gasteiger charge is -2.33. The predicted molar refractivity (Wildman–Crippen MR) is 61.1 cm³/mol. The summed E-state index contributed by atoms with van der Waals surface area (Å²) in [4.78, 5) is 36.3. The van der Waals surface area contributed by atoms with Crippen molar-refractivity contribution >= 4 is 18.0 Å². The van der Waals surface area contributed by atoms with Gasteiger partial charge in [0.2, 0.25) is 0 Å². The van der Waals surface area contributed by atoms with Gasteiger partial charge >= 0.3 is 18.0 Å². The molecule has 0 aliphatic carbocycles. The molecule has 2 amide bonds. The van der Waals surface area contributed by atoms with E-state index in [1.54, 1.807) is 9.80 Å². The third-order valence-corrected chi connectivity index (χ3v) is 2.63. The summed E-state index contributed by atoms with van der Waals surface area (Å²) < 4.78 is 4.40. The Bertz CT molecular complexity index is 325. The zero-order chi connectivity index (χ0) is 13.5. The minimum absolute atomic E-state index is 0.0163. The van der Waals surface area contributed by atoms with Crippen molar-refractivity contribution < 1.29 is 24.2 Å². The summed E-state index contributed by atoms with van der Waals surface area (Å²) >= 11 is 0. The maximum atomic E-state index is 11.6. The standard InChI is InChI=1S/C10H17N3O5/c1-18-9(16)6-11-10(17)13-4-2-12(3-5-13)7-8(14)15/h2-7H2,1H3,(H,11,17)(H,14,15). The molecule has 1 saturated heterocycles. The fraction of sp³-hybridized carbons (Fsp3) is 0.700. The molecular formula is C10H17N3O5. The van der Waals surface area contributed by atoms with Crippen LogP contribution in [0.3, 0.4) is 0 Å². The Labute approximate surface area is 104 Å². The second-order valence-electron chi connectivity index (χ2n) is 3.89. The summed E-state index contributed by atoms with van der Waals surface area (Å²) in [5.41, 5.74) is 0. The van der Waals surface area contributed by atoms with Gasteiger partial charge in [-0.3, -0.25) is 14.5 Å². The van der Waals surface area contributed by atoms with Crippen molar-refractivity contribution in [3.63, 3.8) is 0 Å². The Kier molecular flexibility index (Phi) is 5.37. The van der Waals surface area contributed by atoms with Crippen LogP contribution in [0.2, 0.25) is 0 Å². The van der Waals surface area contributed by atoms with Crippen molar-refractivity contribution in [1.29, 1.82) is 0 Å². The number of rotatable bonds is 4. The van der Waals surface area contributed by atoms with Crippen molar-refractivity contribution in [2.24, 2.45) is 0 Å². The number of carbonyl (C=O) groups excluding carboxylic acids is 2. The van der Waals surface area contributed by atoms with E-state index in [4.69, 9.17) is 5.11 Å². The zero-order valence-electron chi connectivity index (χ0n) is 10.2. The quantitative estimate of drug-likeness (QED) is 0.601. The molecule has 0 atom stereocenters. The molecule has 0 aromatic rings. The maximum absolute atomic E-state index is 11.6. The number of nitrogens with one attached hydrogen (secondary N) is 1. The number of methoxy groups -OCH3 is 1. The molecule has 0 aromatic carbocycles. The summed E-state index contributed by atoms with van der Waals surface area (Å²) in [7, 11) is 1.25. The second kappa shape index (κ2) is 6.80. The van der Waals surface area contributed by atoms with E-state index in [-0.39, 0.29) is 19.1 Å². The number of nitrogens with zero attached hydrogens (tertiary/aromatic N) is 2. The summed E-state index contributed by atoms with van der Waals surface area (Å²) in [6, 6.07) is -0.338. The van der Waals surface area contributed by atoms with Crippen LogP contribution in [0.15, 0.2) is 0 Å². The van der Waals surface area contributed by atoms with Crippen LogP contribution in [0.5, 0.6) is 0 Å². The fourth-order valence-electron chi connectivity index (χ4n) is 1.63. The van der Waals surface area contributed by atoms with Crippen LogP contribution in [-0.4, -0.2) is 79.3 Å². The van der Waals surface area contributed by atoms with Gasteiger partial charge in [0, 0.05) is 26.2 Å². The fourth-order valence-corrected chi connectivity index (χ4v) is 1.63. The molecule has 0 saturated carbocycles. The Morgan fingerprint density at radius 1 is 1.22 bits per heavy atom. The number of hydrogen-bond acceptors (Lipinski definition) is 5. The van der Waals surface area contributed by atoms with Crippen molar-refractivity contribution in [2.75, 3.05) is 46.4 Å². The van der Waals surface area contributed by atoms with Gasteiger partial charge in [-0.1, -0.05) is 0 Å². The first-order valence-electron chi connectivity index (χ1n) is 5.56. The summed E-state index contributed by atoms with van der Waals surface area (Å²) in [6.07, 6.45) is 0. The second-order valence-corrected chi connectivity index (χ2v) is 3.89. The van der Waals surface area contributed by atoms with Gasteiger partial charge in [-0.15, -0.1) is 0 Å². The number of carboxylic acid groups (broad SMARTS) is 1. The van der Waals surface area contributed by atoms with Crippen LogP contribution in [-0.2, 0) is 14.3 Å². The van der Waals surface area contributed by atoms with Crippen LogP contribution in [0, 0.1) is 0 Å². The van der Waals surface area contributed by atoms with Crippen molar-refractivity contribution in [3.05, 3.63) is 0 Å². The normalized spacial score (nSPS) is 16.2. The van der Waals surface area contributed by atoms with Crippen LogP contribution in [0.25, 0.3) is 0 Å². The molecule has 0 spiro atoms. The molecular weight excluding hydrogens is 242 g/mol. The molecule has 1 aliphatic rings. The lowest BCUT2D eigenvalue weighted by Crippen LogP contribution is -2.53. The van der Waals surface area contributed by atoms with Gasteiger partial charge in [-0.2, -0.15) is 0 Å². The summed E-state index contributed by atoms with van der Waals surface area (Å²) in [5, 5.41) is 11.1. The number of amides is 2. The highest BCUT2D eigenvalue weighted by Crippen LogP contribution is 2.01. The van der Waals surface area contributed by atoms with Crippen LogP contribution in [0.4, 0.5) is 4.79 Å². The van der Waals surface area contributed by atoms with E-state index in [1.165, 1.54) is 7.11 Å². The highest BCUT2D eigenvalue weighted by atomic mass is 16.5. The Morgan fingerprint density at radius 2 is 1.83 bits per heavy atom. The number of carbonyl (C=O) groups is 3. The Morgan fingerprint density at radius 3 is 2.33 bits per heavy atom. The highest BCUT2D eigenvalue weighted by molar-refractivity contribution is 5.80. The molecule has 0 bridgehead atoms. The molecule has 1 aliphatic heterocycles. The summed E-state index contributed by atoms with van der Waals surface area (Å²) in [6.45, 7) is 1.73. The van der Waals surface area contributed by atoms with Gasteiger partial charge in [-0.05, 0) is 0 Å². The van der Waals surface area contributed by atoms with Crippen molar-refractivity contribution in [3.8, 4) is 0 Å². The Balaban J connectivity index is 2.27. The third-order valence-electron chi connectivity index (χ3n) is 2.63. The number of urea groups is 1. The highest BCUT2D eigenvalue weighted by Gasteiger charge is 2.22. The van der Waals surface area contributed by atoms with E-state index in [1.807, 2.05) is 0 Å². The van der Waals surface area contributed by atoms with E-state index in [0.717, 1.165) is 0 Å². The SMILES string of the molecule is COC(=O)CNC(=O)N1CCN(CC(=O)O)CC1. The lowest BCUT2D eigenvalue weighted by molar-refractivity contribution is -0.140. The topological polar surface area (TPSA) is 99.2 Å². The monoisotopic (exact) mass is 259 g/mol. The number of ether oxygens (including phenoxy) is 1. The average molecular weight is 259 g/mol. The van der Waals surface area contributed by atoms with Crippen LogP contribution < -0.4 is 5.32 Å². The van der Waals surface area contributed by atoms with E-state index >= 15 is 0 Å². The smallest absolute Gasteiger partial charge is 0.325 e. The van der Waals surface area contributed by atoms with E-state index in [0.29, 0.717) is 26.2 Å². The first-order chi connectivity index (χ1) is 8.52. The minimum atomic E-state index is -0.876. The lowest BCUT2D eigenvalue weighted by atomic mass is 10.3. The molecule has 1 rings (SSSR count). The number of esters is 1. The van der Waals surface area contributed by atoms with Gasteiger partial charge < -0.3 is 20.1 Å². The predicted octanol–water partition coefficient (Wildman–Crippen LogP) is -1.43. The zero-order valence-corrected chi connectivity index (χ0v) is 10.2. The number of carboxylic acids is 1. The van der Waals surface area contributed by atoms with Crippen molar-refractivity contribution in [2.45, 2.75) is 0 Å². The Hall–Kier alpha value is -1.83. The van der Waals surface area contributed by atoms with Gasteiger partial charge in [0.1, 0.15) is 6.54 Å². The van der Waals surface area contributed by atoms with Gasteiger partial charge in [0.15, 0.2) is 0 Å². The van der Waals surface area contributed by atoms with E-state index in [2.05, 4.69) is 10.1 Å². The first-order valence-corrected chi connectivity index (χ1v) is 5.56. The number of hydrogen-bond donors (Lipinski definition) is 2. The molecule has 1 heterocycles. The van der Waals surface area contributed by atoms with Gasteiger partial charge in [0.25, 0.3) is 0 Å². The van der Waals surface area contributed by atoms with E-state index in [9.17, 15) is 14.4 Å². The molecule has 1 fully saturated rings. The molecule has 0 unspecified atom stereocenters. The number of piperazine rings is 1. The van der Waals surface area contributed by atoms with E-state index < -0.39 is 11.9 Å². The third kappa shape index (κ3) is 4.58.